The number of hydrogen-bond acceptors (Lipinski definition) is 5. The zero-order chi connectivity index (χ0) is 21.2. The third-order valence-electron chi connectivity index (χ3n) is 4.97. The molecule has 1 fully saturated rings. The normalized spacial score (nSPS) is 17.1. The predicted molar refractivity (Wildman–Crippen MR) is 108 cm³/mol. The van der Waals surface area contributed by atoms with Gasteiger partial charge in [0.15, 0.2) is 0 Å². The lowest BCUT2D eigenvalue weighted by molar-refractivity contribution is -0.147. The molecule has 1 aliphatic rings. The molecule has 3 rings (SSSR count). The second-order valence-electron chi connectivity index (χ2n) is 6.82. The van der Waals surface area contributed by atoms with Gasteiger partial charge < -0.3 is 4.74 Å². The number of piperazine rings is 1. The summed E-state index contributed by atoms with van der Waals surface area (Å²) in [5.41, 5.74) is 1.26. The summed E-state index contributed by atoms with van der Waals surface area (Å²) in [4.78, 5) is 13.9. The predicted octanol–water partition coefficient (Wildman–Crippen LogP) is 3.01. The number of benzene rings is 2. The number of sulfonamides is 1. The maximum Gasteiger partial charge on any atom is 0.327 e. The van der Waals surface area contributed by atoms with Crippen molar-refractivity contribution in [3.8, 4) is 0 Å². The first-order valence-electron chi connectivity index (χ1n) is 9.08. The third kappa shape index (κ3) is 4.45. The van der Waals surface area contributed by atoms with Crippen molar-refractivity contribution in [2.24, 2.45) is 0 Å². The molecule has 1 unspecified atom stereocenters. The summed E-state index contributed by atoms with van der Waals surface area (Å²) in [6.07, 6.45) is 0. The van der Waals surface area contributed by atoms with Crippen LogP contribution in [0, 0.1) is 12.7 Å². The second-order valence-corrected chi connectivity index (χ2v) is 9.13. The van der Waals surface area contributed by atoms with Crippen molar-refractivity contribution < 1.29 is 22.3 Å². The van der Waals surface area contributed by atoms with E-state index in [0.29, 0.717) is 16.1 Å². The van der Waals surface area contributed by atoms with Crippen LogP contribution in [-0.4, -0.2) is 56.9 Å². The number of hydrogen-bond donors (Lipinski definition) is 0. The van der Waals surface area contributed by atoms with E-state index in [-0.39, 0.29) is 31.1 Å². The van der Waals surface area contributed by atoms with E-state index in [0.717, 1.165) is 6.07 Å². The number of rotatable bonds is 5. The lowest BCUT2D eigenvalue weighted by Crippen LogP contribution is -2.51. The van der Waals surface area contributed by atoms with Crippen LogP contribution in [0.4, 0.5) is 4.39 Å². The fourth-order valence-corrected chi connectivity index (χ4v) is 5.24. The van der Waals surface area contributed by atoms with E-state index < -0.39 is 27.9 Å². The van der Waals surface area contributed by atoms with Gasteiger partial charge in [-0.15, -0.1) is 0 Å². The van der Waals surface area contributed by atoms with Gasteiger partial charge in [-0.25, -0.2) is 17.6 Å². The first-order chi connectivity index (χ1) is 13.8. The van der Waals surface area contributed by atoms with Crippen molar-refractivity contribution in [3.63, 3.8) is 0 Å². The van der Waals surface area contributed by atoms with Crippen molar-refractivity contribution in [2.75, 3.05) is 33.3 Å². The Hall–Kier alpha value is -2.00. The highest BCUT2D eigenvalue weighted by molar-refractivity contribution is 7.89. The molecule has 156 valence electrons. The minimum absolute atomic E-state index is 0.119. The van der Waals surface area contributed by atoms with Crippen molar-refractivity contribution in [2.45, 2.75) is 17.9 Å². The standard InChI is InChI=1S/C20H22ClFN2O4S/c1-14-7-8-17(22)18(13-14)29(26,27)24-11-9-23(10-12-24)19(20(25)28-2)15-5-3-4-6-16(15)21/h3-8,13,19H,9-12H2,1-2H3. The quantitative estimate of drug-likeness (QED) is 0.668. The number of carbonyl (C=O) groups excluding carboxylic acids is 1. The van der Waals surface area contributed by atoms with Gasteiger partial charge in [0.2, 0.25) is 10.0 Å². The molecular formula is C20H22ClFN2O4S. The van der Waals surface area contributed by atoms with Gasteiger partial charge in [0, 0.05) is 31.2 Å². The summed E-state index contributed by atoms with van der Waals surface area (Å²) in [5, 5.41) is 0.430. The molecule has 2 aromatic carbocycles. The van der Waals surface area contributed by atoms with Gasteiger partial charge in [0.25, 0.3) is 0 Å². The minimum atomic E-state index is -3.97. The summed E-state index contributed by atoms with van der Waals surface area (Å²) >= 11 is 6.27. The molecule has 9 heteroatoms. The molecule has 6 nitrogen and oxygen atoms in total. The van der Waals surface area contributed by atoms with Gasteiger partial charge in [0.1, 0.15) is 16.8 Å². The first-order valence-corrected chi connectivity index (χ1v) is 10.9. The van der Waals surface area contributed by atoms with E-state index in [9.17, 15) is 17.6 Å². The highest BCUT2D eigenvalue weighted by atomic mass is 35.5. The van der Waals surface area contributed by atoms with Crippen molar-refractivity contribution in [3.05, 3.63) is 64.4 Å². The number of aryl methyl sites for hydroxylation is 1. The molecule has 29 heavy (non-hydrogen) atoms. The van der Waals surface area contributed by atoms with E-state index >= 15 is 0 Å². The van der Waals surface area contributed by atoms with Gasteiger partial charge in [-0.2, -0.15) is 4.31 Å². The SMILES string of the molecule is COC(=O)C(c1ccccc1Cl)N1CCN(S(=O)(=O)c2cc(C)ccc2F)CC1. The number of nitrogens with zero attached hydrogens (tertiary/aromatic N) is 2. The van der Waals surface area contributed by atoms with Crippen molar-refractivity contribution >= 4 is 27.6 Å². The molecule has 0 bridgehead atoms. The summed E-state index contributed by atoms with van der Waals surface area (Å²) in [7, 11) is -2.67. The number of ether oxygens (including phenoxy) is 1. The first kappa shape index (κ1) is 21.7. The molecule has 1 saturated heterocycles. The van der Waals surface area contributed by atoms with E-state index in [4.69, 9.17) is 16.3 Å². The number of halogens is 2. The van der Waals surface area contributed by atoms with Crippen LogP contribution in [0.15, 0.2) is 47.4 Å². The lowest BCUT2D eigenvalue weighted by atomic mass is 10.0. The van der Waals surface area contributed by atoms with Crippen LogP contribution < -0.4 is 0 Å². The average molecular weight is 441 g/mol. The van der Waals surface area contributed by atoms with Crippen LogP contribution in [0.25, 0.3) is 0 Å². The largest absolute Gasteiger partial charge is 0.468 e. The summed E-state index contributed by atoms with van der Waals surface area (Å²) < 4.78 is 46.1. The van der Waals surface area contributed by atoms with Crippen LogP contribution in [0.5, 0.6) is 0 Å². The van der Waals surface area contributed by atoms with Crippen molar-refractivity contribution in [1.29, 1.82) is 0 Å². The molecule has 0 aromatic heterocycles. The van der Waals surface area contributed by atoms with E-state index in [1.54, 1.807) is 31.2 Å². The molecule has 0 aliphatic carbocycles. The Kier molecular flexibility index (Phi) is 6.58. The zero-order valence-corrected chi connectivity index (χ0v) is 17.7. The van der Waals surface area contributed by atoms with Crippen LogP contribution in [-0.2, 0) is 19.6 Å². The number of carbonyl (C=O) groups is 1. The monoisotopic (exact) mass is 440 g/mol. The van der Waals surface area contributed by atoms with Gasteiger partial charge in [-0.1, -0.05) is 35.9 Å². The molecule has 0 saturated carbocycles. The highest BCUT2D eigenvalue weighted by Gasteiger charge is 2.36. The number of esters is 1. The molecular weight excluding hydrogens is 419 g/mol. The fraction of sp³-hybridized carbons (Fsp3) is 0.350. The molecule has 0 amide bonds. The summed E-state index contributed by atoms with van der Waals surface area (Å²) in [6, 6.07) is 10.2. The highest BCUT2D eigenvalue weighted by Crippen LogP contribution is 2.30. The van der Waals surface area contributed by atoms with Crippen LogP contribution in [0.2, 0.25) is 5.02 Å². The Morgan fingerprint density at radius 2 is 1.79 bits per heavy atom. The van der Waals surface area contributed by atoms with Gasteiger partial charge >= 0.3 is 5.97 Å². The van der Waals surface area contributed by atoms with E-state index in [1.165, 1.54) is 23.5 Å². The molecule has 0 radical (unpaired) electrons. The fourth-order valence-electron chi connectivity index (χ4n) is 3.43. The topological polar surface area (TPSA) is 66.9 Å². The zero-order valence-electron chi connectivity index (χ0n) is 16.1. The average Bonchev–Trinajstić information content (AvgIpc) is 2.71. The maximum absolute atomic E-state index is 14.2. The number of methoxy groups -OCH3 is 1. The van der Waals surface area contributed by atoms with Gasteiger partial charge in [-0.3, -0.25) is 4.90 Å². The van der Waals surface area contributed by atoms with Crippen LogP contribution in [0.1, 0.15) is 17.2 Å². The van der Waals surface area contributed by atoms with E-state index in [2.05, 4.69) is 0 Å². The Labute approximate surface area is 174 Å². The summed E-state index contributed by atoms with van der Waals surface area (Å²) in [5.74, 6) is -1.25. The second kappa shape index (κ2) is 8.79. The Bertz CT molecular complexity index is 1010. The molecule has 1 atom stereocenters. The molecule has 0 spiro atoms. The molecule has 0 N–H and O–H groups in total. The molecule has 2 aromatic rings. The van der Waals surface area contributed by atoms with Crippen molar-refractivity contribution in [1.82, 2.24) is 9.21 Å². The lowest BCUT2D eigenvalue weighted by Gasteiger charge is -2.37. The van der Waals surface area contributed by atoms with Crippen LogP contribution in [0.3, 0.4) is 0 Å². The maximum atomic E-state index is 14.2. The van der Waals surface area contributed by atoms with Gasteiger partial charge in [-0.05, 0) is 36.2 Å². The minimum Gasteiger partial charge on any atom is -0.468 e. The molecule has 1 heterocycles. The third-order valence-corrected chi connectivity index (χ3v) is 7.23. The van der Waals surface area contributed by atoms with Gasteiger partial charge in [0.05, 0.1) is 7.11 Å². The Morgan fingerprint density at radius 3 is 2.41 bits per heavy atom. The van der Waals surface area contributed by atoms with E-state index in [1.807, 2.05) is 4.90 Å². The Balaban J connectivity index is 1.82. The van der Waals surface area contributed by atoms with Crippen LogP contribution >= 0.6 is 11.6 Å². The smallest absolute Gasteiger partial charge is 0.327 e. The summed E-state index contributed by atoms with van der Waals surface area (Å²) in [6.45, 7) is 2.50. The molecule has 1 aliphatic heterocycles. The Morgan fingerprint density at radius 1 is 1.14 bits per heavy atom.